The van der Waals surface area contributed by atoms with E-state index in [2.05, 4.69) is 81.4 Å². The van der Waals surface area contributed by atoms with Gasteiger partial charge in [0.1, 0.15) is 60.6 Å². The second-order valence-corrected chi connectivity index (χ2v) is 42.5. The number of anilines is 2. The summed E-state index contributed by atoms with van der Waals surface area (Å²) < 4.78 is 107. The Morgan fingerprint density at radius 2 is 0.812 bits per heavy atom. The molecule has 5 unspecified atom stereocenters. The molecule has 4 aliphatic rings. The average molecular weight is 1660 g/mol. The monoisotopic (exact) mass is 1660 g/mol. The normalized spacial score (nSPS) is 26.5. The quantitative estimate of drug-likeness (QED) is 0.0349. The van der Waals surface area contributed by atoms with Crippen molar-refractivity contribution >= 4 is 68.1 Å². The summed E-state index contributed by atoms with van der Waals surface area (Å²) in [6, 6.07) is 2.48. The number of imidazole rings is 2. The lowest BCUT2D eigenvalue weighted by molar-refractivity contribution is -0.123. The number of hydrogen-bond acceptors (Lipinski definition) is 28. The standard InChI is InChI=1S/C19H32N5O6P.C19H31N5O3.C17H29N2O7P.C17H29N2O6PS/c1-18(2,3)8-11-13(29-31(25,26)30-19(4,5)6)14(27-7)17(28-11)24-10-23-12-15(20)21-9-22-16(12)24;1-18(2,3)8-11-13(27-19(4,5)6)14(25-7)17(26-11)24-10-23-12-15(20)21-9-22-16(12)24;1-16(2,3)10-12-11(25-27(22,23)26-17(4,5)6)9-14(24-12)19-8-7-13(20)18-15(19)21;1-16(2,3)10-12-11(24-26(22,27)25-17(4,5)6)9-14(23-12)19-8-7-13(20)18-15(19)21/h9-11,13-14,17H,8H2,1-7H3,(H,25,26)(H2,20,21,22);9-11,13-14,17H,8H2,1-7H3,(H2,20,21,22);7-8,11-12,14H,9-10H2,1-6H3,(H,22,23)(H,18,20,21);7-8,11-12,14H,9-10H2,1-6H3,(H,22,27)(H,18,20,21)/t2*11-,13+,14?,17-;11-,12-,14-;11-,12-,14-,26?/m1111/s1. The molecule has 4 fully saturated rings. The number of fused-ring (bicyclic) bond motifs is 2. The molecule has 632 valence electrons. The van der Waals surface area contributed by atoms with Gasteiger partial charge < -0.3 is 68.4 Å². The van der Waals surface area contributed by atoms with Crippen LogP contribution >= 0.6 is 22.4 Å². The molecule has 17 atom stereocenters. The zero-order chi connectivity index (χ0) is 84.4. The highest BCUT2D eigenvalue weighted by Gasteiger charge is 2.53. The summed E-state index contributed by atoms with van der Waals surface area (Å²) in [5.74, 6) is 0.590. The number of aromatic nitrogens is 12. The third kappa shape index (κ3) is 27.9. The molecule has 6 aromatic heterocycles. The first-order valence-electron chi connectivity index (χ1n) is 37.0. The smallest absolute Gasteiger partial charge is 0.382 e. The Kier molecular flexibility index (Phi) is 29.9. The first-order valence-corrected chi connectivity index (χ1v) is 42.6. The molecule has 10 heterocycles. The van der Waals surface area contributed by atoms with Crippen molar-refractivity contribution in [3.05, 3.63) is 91.5 Å². The van der Waals surface area contributed by atoms with Crippen LogP contribution in [-0.4, -0.2) is 170 Å². The van der Waals surface area contributed by atoms with E-state index in [4.69, 9.17) is 83.6 Å². The molecular weight excluding hydrogens is 1540 g/mol. The Balaban J connectivity index is 0.000000208. The molecule has 40 heteroatoms. The fourth-order valence-electron chi connectivity index (χ4n) is 13.1. The minimum atomic E-state index is -4.41. The second-order valence-electron chi connectivity index (χ2n) is 37.1. The molecule has 0 aromatic carbocycles. The molecule has 0 amide bonds. The van der Waals surface area contributed by atoms with Crippen molar-refractivity contribution in [2.45, 2.75) is 313 Å². The van der Waals surface area contributed by atoms with Crippen LogP contribution in [-0.2, 0) is 81.2 Å². The second kappa shape index (κ2) is 35.8. The Morgan fingerprint density at radius 3 is 1.16 bits per heavy atom. The van der Waals surface area contributed by atoms with Gasteiger partial charge in [0.25, 0.3) is 11.1 Å². The lowest BCUT2D eigenvalue weighted by atomic mass is 9.87. The van der Waals surface area contributed by atoms with Gasteiger partial charge >= 0.3 is 33.7 Å². The summed E-state index contributed by atoms with van der Waals surface area (Å²) >= 11 is 5.17. The summed E-state index contributed by atoms with van der Waals surface area (Å²) in [5, 5.41) is 0. The zero-order valence-corrected chi connectivity index (χ0v) is 72.9. The van der Waals surface area contributed by atoms with Gasteiger partial charge in [-0.2, -0.15) is 0 Å². The summed E-state index contributed by atoms with van der Waals surface area (Å²) in [6.45, 7) is 42.9. The fourth-order valence-corrected chi connectivity index (χ4v) is 18.0. The third-order valence-electron chi connectivity index (χ3n) is 16.8. The first kappa shape index (κ1) is 93.7. The SMILES string of the molecule is CC(C)(C)C[C@H]1O[C@@H](n2ccc(=O)[nH]c2=O)C[C@H]1OP(=O)(O)OC(C)(C)C.CC(C)(C)C[C@H]1O[C@@H](n2ccc(=O)[nH]c2=O)C[C@H]1OP(O)(=S)OC(C)(C)C.COC1[C@@H](OC(C)(C)C)[C@@H](CC(C)(C)C)O[C@H]1n1cnc2c(N)ncnc21.COC1[C@@H](OP(=O)(O)OC(C)(C)C)[C@@H](CC(C)(C)C)O[C@H]1n1cnc2c(N)ncnc21. The number of nitrogens with zero attached hydrogens (tertiary/aromatic N) is 10. The molecule has 4 saturated heterocycles. The van der Waals surface area contributed by atoms with Gasteiger partial charge in [0.15, 0.2) is 35.4 Å². The van der Waals surface area contributed by atoms with Crippen LogP contribution < -0.4 is 34.0 Å². The van der Waals surface area contributed by atoms with Crippen LogP contribution in [0.3, 0.4) is 0 Å². The Labute approximate surface area is 659 Å². The van der Waals surface area contributed by atoms with E-state index in [1.165, 1.54) is 59.8 Å². The number of H-pyrrole nitrogens is 2. The lowest BCUT2D eigenvalue weighted by Gasteiger charge is -2.32. The van der Waals surface area contributed by atoms with Crippen molar-refractivity contribution in [1.82, 2.24) is 58.1 Å². The number of methoxy groups -OCH3 is 2. The van der Waals surface area contributed by atoms with Gasteiger partial charge in [-0.15, -0.1) is 0 Å². The molecule has 10 rings (SSSR count). The van der Waals surface area contributed by atoms with E-state index in [1.54, 1.807) is 80.3 Å². The van der Waals surface area contributed by atoms with E-state index in [0.29, 0.717) is 53.8 Å². The number of rotatable bonds is 20. The molecule has 36 nitrogen and oxygen atoms in total. The highest BCUT2D eigenvalue weighted by molar-refractivity contribution is 8.07. The molecule has 9 N–H and O–H groups in total. The van der Waals surface area contributed by atoms with E-state index < -0.39 is 123 Å². The van der Waals surface area contributed by atoms with Crippen LogP contribution in [0.5, 0.6) is 0 Å². The van der Waals surface area contributed by atoms with E-state index in [9.17, 15) is 43.0 Å². The summed E-state index contributed by atoms with van der Waals surface area (Å²) in [4.78, 5) is 107. The van der Waals surface area contributed by atoms with Crippen LogP contribution in [0.25, 0.3) is 22.3 Å². The summed E-state index contributed by atoms with van der Waals surface area (Å²) in [7, 11) is -5.56. The molecule has 0 saturated carbocycles. The zero-order valence-electron chi connectivity index (χ0n) is 69.4. The predicted molar refractivity (Wildman–Crippen MR) is 423 cm³/mol. The maximum Gasteiger partial charge on any atom is 0.473 e. The maximum absolute atomic E-state index is 12.8. The van der Waals surface area contributed by atoms with Gasteiger partial charge in [-0.1, -0.05) is 83.1 Å². The molecule has 0 bridgehead atoms. The van der Waals surface area contributed by atoms with Crippen molar-refractivity contribution in [3.8, 4) is 0 Å². The van der Waals surface area contributed by atoms with Gasteiger partial charge in [-0.3, -0.25) is 55.9 Å². The number of nitrogens with one attached hydrogen (secondary N) is 2. The molecule has 112 heavy (non-hydrogen) atoms. The molecule has 0 spiro atoms. The van der Waals surface area contributed by atoms with Gasteiger partial charge in [0.05, 0.1) is 71.7 Å². The van der Waals surface area contributed by atoms with Crippen LogP contribution in [0, 0.1) is 21.7 Å². The Bertz CT molecular complexity index is 4400. The number of nitrogens with two attached hydrogens (primary N) is 2. The highest BCUT2D eigenvalue weighted by atomic mass is 32.5. The molecule has 4 aliphatic heterocycles. The topological polar surface area (TPSA) is 464 Å². The van der Waals surface area contributed by atoms with Crippen molar-refractivity contribution in [1.29, 1.82) is 0 Å². The average Bonchev–Trinajstić information content (AvgIpc) is 1.61. The fraction of sp³-hybridized carbons (Fsp3) is 0.750. The van der Waals surface area contributed by atoms with Crippen LogP contribution in [0.1, 0.15) is 230 Å². The van der Waals surface area contributed by atoms with Crippen LogP contribution in [0.4, 0.5) is 11.6 Å². The number of ether oxygens (including phenoxy) is 7. The largest absolute Gasteiger partial charge is 0.473 e. The number of phosphoric ester groups is 2. The van der Waals surface area contributed by atoms with Gasteiger partial charge in [-0.25, -0.2) is 48.6 Å². The van der Waals surface area contributed by atoms with E-state index >= 15 is 0 Å². The van der Waals surface area contributed by atoms with E-state index in [1.807, 2.05) is 66.9 Å². The predicted octanol–water partition coefficient (Wildman–Crippen LogP) is 11.2. The van der Waals surface area contributed by atoms with Crippen molar-refractivity contribution in [2.24, 2.45) is 21.7 Å². The number of aromatic amines is 2. The van der Waals surface area contributed by atoms with E-state index in [-0.39, 0.29) is 63.9 Å². The highest BCUT2D eigenvalue weighted by Crippen LogP contribution is 2.56. The molecular formula is C72H121N14O22P3S. The summed E-state index contributed by atoms with van der Waals surface area (Å²) in [5.41, 5.74) is 8.79. The van der Waals surface area contributed by atoms with Crippen LogP contribution in [0.15, 0.2) is 69.0 Å². The first-order chi connectivity index (χ1) is 51.0. The summed E-state index contributed by atoms with van der Waals surface area (Å²) in [6.07, 6.45) is 4.34. The van der Waals surface area contributed by atoms with Crippen molar-refractivity contribution in [2.75, 3.05) is 25.7 Å². The number of phosphoric acid groups is 2. The van der Waals surface area contributed by atoms with Crippen molar-refractivity contribution in [3.63, 3.8) is 0 Å². The van der Waals surface area contributed by atoms with Crippen molar-refractivity contribution < 1.29 is 84.1 Å². The van der Waals surface area contributed by atoms with Gasteiger partial charge in [0, 0.05) is 51.6 Å². The maximum atomic E-state index is 12.8. The number of hydrogen-bond donors (Lipinski definition) is 7. The minimum Gasteiger partial charge on any atom is -0.382 e. The molecule has 6 aromatic rings. The number of nitrogen functional groups attached to an aromatic ring is 2. The van der Waals surface area contributed by atoms with E-state index in [0.717, 1.165) is 6.42 Å². The van der Waals surface area contributed by atoms with Crippen LogP contribution in [0.2, 0.25) is 0 Å². The third-order valence-corrected chi connectivity index (χ3v) is 21.2. The molecule has 0 radical (unpaired) electrons. The minimum absolute atomic E-state index is 0.0694. The lowest BCUT2D eigenvalue weighted by Crippen LogP contribution is -2.42. The molecule has 0 aliphatic carbocycles. The Morgan fingerprint density at radius 1 is 0.464 bits per heavy atom. The van der Waals surface area contributed by atoms with Gasteiger partial charge in [0.2, 0.25) is 0 Å². The van der Waals surface area contributed by atoms with Gasteiger partial charge in [-0.05, 0) is 142 Å². The Hall–Kier alpha value is -5.47.